The highest BCUT2D eigenvalue weighted by molar-refractivity contribution is 7.94. The molecule has 1 fully saturated rings. The maximum atomic E-state index is 13.5. The zero-order valence-corrected chi connectivity index (χ0v) is 22.6. The van der Waals surface area contributed by atoms with Crippen LogP contribution in [0.5, 0.6) is 0 Å². The molecule has 0 spiro atoms. The van der Waals surface area contributed by atoms with Crippen molar-refractivity contribution in [3.63, 3.8) is 0 Å². The number of carbonyl (C=O) groups excluding carboxylic acids is 1. The van der Waals surface area contributed by atoms with Gasteiger partial charge in [-0.05, 0) is 55.3 Å². The molecule has 1 saturated heterocycles. The van der Waals surface area contributed by atoms with Gasteiger partial charge in [-0.2, -0.15) is 0 Å². The van der Waals surface area contributed by atoms with E-state index >= 15 is 0 Å². The van der Waals surface area contributed by atoms with Crippen LogP contribution in [0, 0.1) is 10.1 Å². The Bertz CT molecular complexity index is 1420. The SMILES string of the molecule is C=CC(N1CCC(Nc2ncccc2[N+](=O)[O-])CC1)S(=O)(=O)c1ccc(CNC(=O)c2ccc(Cl)cc2)s1. The molecule has 3 heterocycles. The van der Waals surface area contributed by atoms with E-state index in [0.717, 1.165) is 11.3 Å². The number of benzene rings is 1. The van der Waals surface area contributed by atoms with Gasteiger partial charge in [-0.3, -0.25) is 19.8 Å². The highest BCUT2D eigenvalue weighted by Gasteiger charge is 2.34. The third-order valence-electron chi connectivity index (χ3n) is 6.18. The molecule has 1 aliphatic rings. The zero-order valence-electron chi connectivity index (χ0n) is 20.2. The van der Waals surface area contributed by atoms with Gasteiger partial charge in [0.1, 0.15) is 9.58 Å². The largest absolute Gasteiger partial charge is 0.362 e. The number of thiophene rings is 1. The summed E-state index contributed by atoms with van der Waals surface area (Å²) < 4.78 is 27.1. The van der Waals surface area contributed by atoms with E-state index in [1.165, 1.54) is 24.4 Å². The third-order valence-corrected chi connectivity index (χ3v) is 10.1. The van der Waals surface area contributed by atoms with Gasteiger partial charge in [-0.1, -0.05) is 17.7 Å². The first kappa shape index (κ1) is 27.7. The molecule has 1 amide bonds. The minimum Gasteiger partial charge on any atom is -0.362 e. The zero-order chi connectivity index (χ0) is 27.3. The van der Waals surface area contributed by atoms with Crippen LogP contribution in [-0.2, 0) is 16.4 Å². The summed E-state index contributed by atoms with van der Waals surface area (Å²) in [5.74, 6) is -0.0749. The Balaban J connectivity index is 1.36. The standard InChI is InChI=1S/C25H26ClN5O5S2/c1-2-22(30-14-11-19(12-15-30)29-24-21(31(33)34)4-3-13-27-24)38(35,36)23-10-9-20(37-23)16-28-25(32)17-5-7-18(26)8-6-17/h2-10,13,19,22H,1,11-12,14-16H2,(H,27,29)(H,28,32). The number of amides is 1. The normalized spacial score (nSPS) is 15.5. The summed E-state index contributed by atoms with van der Waals surface area (Å²) in [4.78, 5) is 29.8. The Labute approximate surface area is 229 Å². The van der Waals surface area contributed by atoms with Crippen molar-refractivity contribution in [2.45, 2.75) is 35.0 Å². The number of nitrogens with zero attached hydrogens (tertiary/aromatic N) is 3. The Morgan fingerprint density at radius 2 is 1.95 bits per heavy atom. The molecule has 3 aromatic rings. The average Bonchev–Trinajstić information content (AvgIpc) is 3.39. The predicted molar refractivity (Wildman–Crippen MR) is 147 cm³/mol. The van der Waals surface area contributed by atoms with Crippen LogP contribution >= 0.6 is 22.9 Å². The minimum atomic E-state index is -3.74. The van der Waals surface area contributed by atoms with E-state index in [1.807, 2.05) is 4.90 Å². The molecule has 0 aliphatic carbocycles. The second-order valence-electron chi connectivity index (χ2n) is 8.66. The fourth-order valence-corrected chi connectivity index (χ4v) is 7.45. The van der Waals surface area contributed by atoms with Gasteiger partial charge in [-0.25, -0.2) is 13.4 Å². The van der Waals surface area contributed by atoms with Gasteiger partial charge in [-0.15, -0.1) is 17.9 Å². The van der Waals surface area contributed by atoms with E-state index in [2.05, 4.69) is 22.2 Å². The van der Waals surface area contributed by atoms with Crippen LogP contribution in [0.25, 0.3) is 0 Å². The van der Waals surface area contributed by atoms with Crippen LogP contribution in [0.3, 0.4) is 0 Å². The monoisotopic (exact) mass is 575 g/mol. The van der Waals surface area contributed by atoms with E-state index in [1.54, 1.807) is 36.4 Å². The molecule has 1 atom stereocenters. The van der Waals surface area contributed by atoms with Gasteiger partial charge in [0.15, 0.2) is 0 Å². The number of carbonyl (C=O) groups is 1. The minimum absolute atomic E-state index is 0.0781. The topological polar surface area (TPSA) is 135 Å². The number of aromatic nitrogens is 1. The number of hydrogen-bond donors (Lipinski definition) is 2. The van der Waals surface area contributed by atoms with Gasteiger partial charge >= 0.3 is 5.69 Å². The first-order chi connectivity index (χ1) is 18.2. The first-order valence-corrected chi connectivity index (χ1v) is 14.5. The van der Waals surface area contributed by atoms with Crippen LogP contribution in [0.2, 0.25) is 5.02 Å². The summed E-state index contributed by atoms with van der Waals surface area (Å²) in [6.07, 6.45) is 4.08. The quantitative estimate of drug-likeness (QED) is 0.205. The van der Waals surface area contributed by atoms with Crippen molar-refractivity contribution in [1.82, 2.24) is 15.2 Å². The van der Waals surface area contributed by atoms with Crippen LogP contribution in [-0.4, -0.2) is 53.6 Å². The number of likely N-dealkylation sites (tertiary alicyclic amines) is 1. The Morgan fingerprint density at radius 3 is 2.61 bits per heavy atom. The second kappa shape index (κ2) is 12.0. The molecule has 13 heteroatoms. The molecule has 4 rings (SSSR count). The number of anilines is 1. The van der Waals surface area contributed by atoms with E-state index in [4.69, 9.17) is 11.6 Å². The van der Waals surface area contributed by atoms with Crippen molar-refractivity contribution in [1.29, 1.82) is 0 Å². The number of nitrogens with one attached hydrogen (secondary N) is 2. The van der Waals surface area contributed by atoms with Crippen LogP contribution in [0.15, 0.2) is 71.6 Å². The summed E-state index contributed by atoms with van der Waals surface area (Å²) in [5.41, 5.74) is 0.361. The molecular formula is C25H26ClN5O5S2. The number of hydrogen-bond acceptors (Lipinski definition) is 9. The van der Waals surface area contributed by atoms with E-state index in [-0.39, 0.29) is 34.2 Å². The molecule has 0 radical (unpaired) electrons. The van der Waals surface area contributed by atoms with Crippen molar-refractivity contribution in [2.24, 2.45) is 0 Å². The van der Waals surface area contributed by atoms with Crippen molar-refractivity contribution in [3.8, 4) is 0 Å². The van der Waals surface area contributed by atoms with Gasteiger partial charge < -0.3 is 10.6 Å². The number of pyridine rings is 1. The van der Waals surface area contributed by atoms with Gasteiger partial charge in [0.2, 0.25) is 15.7 Å². The molecule has 200 valence electrons. The summed E-state index contributed by atoms with van der Waals surface area (Å²) in [6, 6.07) is 12.6. The Morgan fingerprint density at radius 1 is 1.24 bits per heavy atom. The lowest BCUT2D eigenvalue weighted by Gasteiger charge is -2.36. The van der Waals surface area contributed by atoms with Gasteiger partial charge in [0.05, 0.1) is 11.5 Å². The van der Waals surface area contributed by atoms with Gasteiger partial charge in [0, 0.05) is 46.9 Å². The van der Waals surface area contributed by atoms with Crippen molar-refractivity contribution < 1.29 is 18.1 Å². The number of sulfone groups is 1. The number of halogens is 1. The lowest BCUT2D eigenvalue weighted by atomic mass is 10.0. The molecule has 1 aliphatic heterocycles. The summed E-state index contributed by atoms with van der Waals surface area (Å²) >= 11 is 6.97. The first-order valence-electron chi connectivity index (χ1n) is 11.8. The Kier molecular flexibility index (Phi) is 8.77. The number of rotatable bonds is 10. The molecule has 0 saturated carbocycles. The van der Waals surface area contributed by atoms with Crippen LogP contribution < -0.4 is 10.6 Å². The maximum absolute atomic E-state index is 13.5. The predicted octanol–water partition coefficient (Wildman–Crippen LogP) is 4.50. The summed E-state index contributed by atoms with van der Waals surface area (Å²) in [5, 5.41) is 16.8. The maximum Gasteiger partial charge on any atom is 0.311 e. The molecule has 1 aromatic carbocycles. The number of nitro groups is 1. The summed E-state index contributed by atoms with van der Waals surface area (Å²) in [6.45, 7) is 4.88. The third kappa shape index (κ3) is 6.38. The van der Waals surface area contributed by atoms with E-state index < -0.39 is 20.1 Å². The van der Waals surface area contributed by atoms with Gasteiger partial charge in [0.25, 0.3) is 5.91 Å². The molecule has 2 aromatic heterocycles. The molecule has 38 heavy (non-hydrogen) atoms. The molecule has 2 N–H and O–H groups in total. The molecule has 1 unspecified atom stereocenters. The average molecular weight is 576 g/mol. The lowest BCUT2D eigenvalue weighted by Crippen LogP contribution is -2.46. The lowest BCUT2D eigenvalue weighted by molar-refractivity contribution is -0.384. The molecular weight excluding hydrogens is 550 g/mol. The van der Waals surface area contributed by atoms with E-state index in [0.29, 0.717) is 41.4 Å². The summed E-state index contributed by atoms with van der Waals surface area (Å²) in [7, 11) is -3.74. The highest BCUT2D eigenvalue weighted by atomic mass is 35.5. The van der Waals surface area contributed by atoms with Crippen molar-refractivity contribution in [2.75, 3.05) is 18.4 Å². The fraction of sp³-hybridized carbons (Fsp3) is 0.280. The second-order valence-corrected chi connectivity index (χ2v) is 12.5. The highest BCUT2D eigenvalue weighted by Crippen LogP contribution is 2.30. The molecule has 10 nitrogen and oxygen atoms in total. The van der Waals surface area contributed by atoms with Crippen LogP contribution in [0.4, 0.5) is 11.5 Å². The molecule has 0 bridgehead atoms. The fourth-order valence-electron chi connectivity index (χ4n) is 4.21. The number of piperidine rings is 1. The van der Waals surface area contributed by atoms with Crippen LogP contribution in [0.1, 0.15) is 28.1 Å². The Hall–Kier alpha value is -3.32. The van der Waals surface area contributed by atoms with Crippen molar-refractivity contribution in [3.05, 3.63) is 93.0 Å². The van der Waals surface area contributed by atoms with E-state index in [9.17, 15) is 23.3 Å². The smallest absolute Gasteiger partial charge is 0.311 e. The van der Waals surface area contributed by atoms with Crippen molar-refractivity contribution >= 4 is 50.2 Å².